The minimum Gasteiger partial charge on any atom is -0.444 e. The highest BCUT2D eigenvalue weighted by atomic mass is 35.5. The van der Waals surface area contributed by atoms with E-state index in [1.54, 1.807) is 20.8 Å². The molecule has 1 aliphatic heterocycles. The average molecular weight is 348 g/mol. The van der Waals surface area contributed by atoms with E-state index in [4.69, 9.17) is 16.3 Å². The quantitative estimate of drug-likeness (QED) is 0.759. The zero-order valence-electron chi connectivity index (χ0n) is 12.6. The highest BCUT2D eigenvalue weighted by Gasteiger charge is 2.38. The van der Waals surface area contributed by atoms with Crippen LogP contribution in [0.1, 0.15) is 27.2 Å². The van der Waals surface area contributed by atoms with E-state index in [0.29, 0.717) is 13.0 Å². The molecule has 0 radical (unpaired) electrons. The number of hydrogen-bond acceptors (Lipinski definition) is 6. The van der Waals surface area contributed by atoms with Gasteiger partial charge in [0.25, 0.3) is 0 Å². The number of nitrogens with zero attached hydrogens (tertiary/aromatic N) is 3. The molecule has 1 fully saturated rings. The molecule has 0 aromatic carbocycles. The molecule has 1 aliphatic rings. The van der Waals surface area contributed by atoms with Crippen LogP contribution < -0.4 is 0 Å². The SMILES string of the molecule is CC(C)(C)OC(=O)N1CC[C@H](S(=O)(=O)c2cc(Cl)ncn2)C1. The minimum atomic E-state index is -3.66. The van der Waals surface area contributed by atoms with Gasteiger partial charge in [0.2, 0.25) is 0 Å². The molecule has 0 unspecified atom stereocenters. The summed E-state index contributed by atoms with van der Waals surface area (Å²) in [5, 5.41) is -0.773. The van der Waals surface area contributed by atoms with Crippen LogP contribution in [0.4, 0.5) is 4.79 Å². The topological polar surface area (TPSA) is 89.5 Å². The van der Waals surface area contributed by atoms with Crippen molar-refractivity contribution in [2.45, 2.75) is 43.1 Å². The van der Waals surface area contributed by atoms with Crippen LogP contribution in [0.3, 0.4) is 0 Å². The number of likely N-dealkylation sites (tertiary alicyclic amines) is 1. The summed E-state index contributed by atoms with van der Waals surface area (Å²) in [6, 6.07) is 1.22. The summed E-state index contributed by atoms with van der Waals surface area (Å²) in [6.45, 7) is 5.70. The zero-order chi connectivity index (χ0) is 16.5. The summed E-state index contributed by atoms with van der Waals surface area (Å²) in [4.78, 5) is 20.8. The van der Waals surface area contributed by atoms with Crippen molar-refractivity contribution in [2.75, 3.05) is 13.1 Å². The molecular weight excluding hydrogens is 330 g/mol. The van der Waals surface area contributed by atoms with Gasteiger partial charge in [-0.3, -0.25) is 0 Å². The van der Waals surface area contributed by atoms with Crippen molar-refractivity contribution in [1.29, 1.82) is 0 Å². The number of carbonyl (C=O) groups is 1. The van der Waals surface area contributed by atoms with E-state index < -0.39 is 26.8 Å². The van der Waals surface area contributed by atoms with Crippen LogP contribution in [-0.4, -0.2) is 53.3 Å². The van der Waals surface area contributed by atoms with Crippen LogP contribution in [-0.2, 0) is 14.6 Å². The van der Waals surface area contributed by atoms with Gasteiger partial charge in [-0.15, -0.1) is 0 Å². The van der Waals surface area contributed by atoms with E-state index in [9.17, 15) is 13.2 Å². The largest absolute Gasteiger partial charge is 0.444 e. The van der Waals surface area contributed by atoms with E-state index >= 15 is 0 Å². The number of rotatable bonds is 2. The first kappa shape index (κ1) is 17.0. The highest BCUT2D eigenvalue weighted by molar-refractivity contribution is 7.92. The van der Waals surface area contributed by atoms with E-state index in [0.717, 1.165) is 6.33 Å². The molecule has 0 aliphatic carbocycles. The van der Waals surface area contributed by atoms with Crippen LogP contribution >= 0.6 is 11.6 Å². The Morgan fingerprint density at radius 1 is 1.41 bits per heavy atom. The maximum absolute atomic E-state index is 12.5. The summed E-state index contributed by atoms with van der Waals surface area (Å²) < 4.78 is 30.3. The summed E-state index contributed by atoms with van der Waals surface area (Å²) in [7, 11) is -3.66. The van der Waals surface area contributed by atoms with Crippen LogP contribution in [0.2, 0.25) is 5.15 Å². The molecule has 22 heavy (non-hydrogen) atoms. The van der Waals surface area contributed by atoms with Gasteiger partial charge in [-0.1, -0.05) is 11.6 Å². The fourth-order valence-corrected chi connectivity index (χ4v) is 3.93. The molecule has 1 saturated heterocycles. The minimum absolute atomic E-state index is 0.0653. The Kier molecular flexibility index (Phi) is 4.62. The van der Waals surface area contributed by atoms with E-state index in [-0.39, 0.29) is 16.7 Å². The maximum atomic E-state index is 12.5. The van der Waals surface area contributed by atoms with Crippen molar-refractivity contribution in [3.8, 4) is 0 Å². The second-order valence-corrected chi connectivity index (χ2v) is 8.62. The normalized spacial score (nSPS) is 19.3. The molecule has 0 N–H and O–H groups in total. The Balaban J connectivity index is 2.11. The van der Waals surface area contributed by atoms with E-state index in [1.165, 1.54) is 11.0 Å². The van der Waals surface area contributed by atoms with Crippen molar-refractivity contribution >= 4 is 27.5 Å². The van der Waals surface area contributed by atoms with E-state index in [1.807, 2.05) is 0 Å². The molecule has 0 saturated carbocycles. The highest BCUT2D eigenvalue weighted by Crippen LogP contribution is 2.24. The summed E-state index contributed by atoms with van der Waals surface area (Å²) in [6.07, 6.45) is 0.935. The standard InChI is InChI=1S/C13H18ClN3O4S/c1-13(2,3)21-12(18)17-5-4-9(7-17)22(19,20)11-6-10(14)15-8-16-11/h6,8-9H,4-5,7H2,1-3H3/t9-/m0/s1. The van der Waals surface area contributed by atoms with Gasteiger partial charge in [0.05, 0.1) is 5.25 Å². The van der Waals surface area contributed by atoms with Crippen molar-refractivity contribution < 1.29 is 17.9 Å². The third-order valence-electron chi connectivity index (χ3n) is 3.14. The van der Waals surface area contributed by atoms with Gasteiger partial charge in [-0.2, -0.15) is 0 Å². The molecule has 1 aromatic heterocycles. The molecule has 1 amide bonds. The Hall–Kier alpha value is -1.41. The molecular formula is C13H18ClN3O4S. The zero-order valence-corrected chi connectivity index (χ0v) is 14.2. The Morgan fingerprint density at radius 3 is 2.68 bits per heavy atom. The smallest absolute Gasteiger partial charge is 0.410 e. The van der Waals surface area contributed by atoms with Crippen LogP contribution in [0.25, 0.3) is 0 Å². The number of ether oxygens (including phenoxy) is 1. The van der Waals surface area contributed by atoms with Gasteiger partial charge < -0.3 is 9.64 Å². The first-order valence-corrected chi connectivity index (χ1v) is 8.71. The first-order valence-electron chi connectivity index (χ1n) is 6.79. The van der Waals surface area contributed by atoms with Crippen LogP contribution in [0.15, 0.2) is 17.4 Å². The van der Waals surface area contributed by atoms with Crippen molar-refractivity contribution in [2.24, 2.45) is 0 Å². The van der Waals surface area contributed by atoms with Gasteiger partial charge in [0, 0.05) is 19.2 Å². The lowest BCUT2D eigenvalue weighted by Gasteiger charge is -2.24. The third kappa shape index (κ3) is 3.86. The Labute approximate surface area is 134 Å². The van der Waals surface area contributed by atoms with Gasteiger partial charge in [-0.05, 0) is 27.2 Å². The van der Waals surface area contributed by atoms with E-state index in [2.05, 4.69) is 9.97 Å². The molecule has 2 rings (SSSR count). The second kappa shape index (κ2) is 6.00. The van der Waals surface area contributed by atoms with Gasteiger partial charge in [0.1, 0.15) is 17.1 Å². The summed E-state index contributed by atoms with van der Waals surface area (Å²) in [5.41, 5.74) is -0.617. The van der Waals surface area contributed by atoms with Gasteiger partial charge in [0.15, 0.2) is 14.9 Å². The van der Waals surface area contributed by atoms with Crippen molar-refractivity contribution in [3.05, 3.63) is 17.5 Å². The van der Waals surface area contributed by atoms with Gasteiger partial charge >= 0.3 is 6.09 Å². The van der Waals surface area contributed by atoms with Crippen molar-refractivity contribution in [3.63, 3.8) is 0 Å². The van der Waals surface area contributed by atoms with Crippen molar-refractivity contribution in [1.82, 2.24) is 14.9 Å². The Bertz CT molecular complexity index is 672. The van der Waals surface area contributed by atoms with Crippen LogP contribution in [0, 0.1) is 0 Å². The summed E-state index contributed by atoms with van der Waals surface area (Å²) >= 11 is 5.71. The predicted octanol–water partition coefficient (Wildman–Crippen LogP) is 1.91. The number of halogens is 1. The molecule has 2 heterocycles. The number of amides is 1. The lowest BCUT2D eigenvalue weighted by molar-refractivity contribution is 0.0295. The molecule has 0 spiro atoms. The maximum Gasteiger partial charge on any atom is 0.410 e. The fourth-order valence-electron chi connectivity index (χ4n) is 2.12. The molecule has 7 nitrogen and oxygen atoms in total. The average Bonchev–Trinajstić information content (AvgIpc) is 2.87. The molecule has 122 valence electrons. The number of aromatic nitrogens is 2. The molecule has 1 aromatic rings. The number of carbonyl (C=O) groups excluding carboxylic acids is 1. The monoisotopic (exact) mass is 347 g/mol. The fraction of sp³-hybridized carbons (Fsp3) is 0.615. The molecule has 9 heteroatoms. The molecule has 0 bridgehead atoms. The first-order chi connectivity index (χ1) is 10.1. The molecule has 1 atom stereocenters. The number of hydrogen-bond donors (Lipinski definition) is 0. The van der Waals surface area contributed by atoms with Gasteiger partial charge in [-0.25, -0.2) is 23.2 Å². The second-order valence-electron chi connectivity index (χ2n) is 6.06. The number of sulfone groups is 1. The van der Waals surface area contributed by atoms with Crippen LogP contribution in [0.5, 0.6) is 0 Å². The predicted molar refractivity (Wildman–Crippen MR) is 80.4 cm³/mol. The lowest BCUT2D eigenvalue weighted by atomic mass is 10.2. The summed E-state index contributed by atoms with van der Waals surface area (Å²) in [5.74, 6) is 0. The Morgan fingerprint density at radius 2 is 2.09 bits per heavy atom. The lowest BCUT2D eigenvalue weighted by Crippen LogP contribution is -2.36. The third-order valence-corrected chi connectivity index (χ3v) is 5.41.